The number of allylic oxidation sites excluding steroid dienone is 1. The summed E-state index contributed by atoms with van der Waals surface area (Å²) in [5.74, 6) is -0.285. The highest BCUT2D eigenvalue weighted by atomic mass is 16.5. The van der Waals surface area contributed by atoms with E-state index in [-0.39, 0.29) is 11.9 Å². The molecule has 2 nitrogen and oxygen atoms in total. The molecule has 1 aromatic rings. The average Bonchev–Trinajstić information content (AvgIpc) is 2.30. The van der Waals surface area contributed by atoms with Crippen molar-refractivity contribution >= 4 is 11.5 Å². The molecule has 0 radical (unpaired) electrons. The minimum Gasteiger partial charge on any atom is -0.466 e. The summed E-state index contributed by atoms with van der Waals surface area (Å²) >= 11 is 0. The maximum atomic E-state index is 11.4. The van der Waals surface area contributed by atoms with Crippen LogP contribution in [0.2, 0.25) is 0 Å². The van der Waals surface area contributed by atoms with Crippen molar-refractivity contribution in [3.8, 4) is 0 Å². The summed E-state index contributed by atoms with van der Waals surface area (Å²) in [5, 5.41) is 0. The third-order valence-corrected chi connectivity index (χ3v) is 2.42. The van der Waals surface area contributed by atoms with E-state index in [1.165, 1.54) is 0 Å². The monoisotopic (exact) mass is 218 g/mol. The Hall–Kier alpha value is -1.57. The highest BCUT2D eigenvalue weighted by molar-refractivity contribution is 5.75. The number of hydrogen-bond donors (Lipinski definition) is 0. The molecule has 0 aliphatic rings. The SMILES string of the molecule is C=C(CC(C)C(=O)OCC)c1ccccc1. The van der Waals surface area contributed by atoms with E-state index in [9.17, 15) is 4.79 Å². The van der Waals surface area contributed by atoms with Gasteiger partial charge in [0.2, 0.25) is 0 Å². The molecule has 0 spiro atoms. The van der Waals surface area contributed by atoms with Crippen LogP contribution < -0.4 is 0 Å². The number of carbonyl (C=O) groups is 1. The Balaban J connectivity index is 2.55. The van der Waals surface area contributed by atoms with Gasteiger partial charge in [-0.3, -0.25) is 4.79 Å². The molecule has 0 aliphatic carbocycles. The number of rotatable bonds is 5. The number of ether oxygens (including phenoxy) is 1. The zero-order chi connectivity index (χ0) is 12.0. The molecule has 1 unspecified atom stereocenters. The first-order chi connectivity index (χ1) is 7.65. The van der Waals surface area contributed by atoms with Crippen molar-refractivity contribution in [3.63, 3.8) is 0 Å². The molecule has 2 heteroatoms. The molecule has 0 saturated heterocycles. The fraction of sp³-hybridized carbons (Fsp3) is 0.357. The summed E-state index contributed by atoms with van der Waals surface area (Å²) in [6.45, 7) is 8.11. The van der Waals surface area contributed by atoms with Gasteiger partial charge in [-0.15, -0.1) is 0 Å². The highest BCUT2D eigenvalue weighted by Gasteiger charge is 2.15. The van der Waals surface area contributed by atoms with Gasteiger partial charge in [0.1, 0.15) is 0 Å². The van der Waals surface area contributed by atoms with Crippen LogP contribution in [-0.4, -0.2) is 12.6 Å². The Labute approximate surface area is 96.9 Å². The van der Waals surface area contributed by atoms with Crippen molar-refractivity contribution in [2.24, 2.45) is 5.92 Å². The van der Waals surface area contributed by atoms with Gasteiger partial charge in [0.05, 0.1) is 12.5 Å². The molecule has 0 amide bonds. The van der Waals surface area contributed by atoms with Gasteiger partial charge in [0.25, 0.3) is 0 Å². The molecule has 1 atom stereocenters. The fourth-order valence-electron chi connectivity index (χ4n) is 1.53. The topological polar surface area (TPSA) is 26.3 Å². The molecule has 0 saturated carbocycles. The molecule has 0 fully saturated rings. The van der Waals surface area contributed by atoms with Gasteiger partial charge in [0, 0.05) is 0 Å². The Bertz CT molecular complexity index is 354. The molecule has 0 bridgehead atoms. The highest BCUT2D eigenvalue weighted by Crippen LogP contribution is 2.21. The van der Waals surface area contributed by atoms with E-state index >= 15 is 0 Å². The van der Waals surface area contributed by atoms with Gasteiger partial charge < -0.3 is 4.74 Å². The van der Waals surface area contributed by atoms with Gasteiger partial charge in [-0.25, -0.2) is 0 Å². The average molecular weight is 218 g/mol. The van der Waals surface area contributed by atoms with Crippen LogP contribution in [0.25, 0.3) is 5.57 Å². The summed E-state index contributed by atoms with van der Waals surface area (Å²) < 4.78 is 4.96. The van der Waals surface area contributed by atoms with E-state index in [1.807, 2.05) is 44.2 Å². The van der Waals surface area contributed by atoms with E-state index in [2.05, 4.69) is 6.58 Å². The summed E-state index contributed by atoms with van der Waals surface area (Å²) in [6, 6.07) is 9.90. The first-order valence-corrected chi connectivity index (χ1v) is 5.55. The van der Waals surface area contributed by atoms with Gasteiger partial charge >= 0.3 is 5.97 Å². The number of esters is 1. The quantitative estimate of drug-likeness (QED) is 0.709. The fourth-order valence-corrected chi connectivity index (χ4v) is 1.53. The van der Waals surface area contributed by atoms with Crippen molar-refractivity contribution in [2.45, 2.75) is 20.3 Å². The van der Waals surface area contributed by atoms with Crippen molar-refractivity contribution < 1.29 is 9.53 Å². The third kappa shape index (κ3) is 3.54. The Kier molecular flexibility index (Phi) is 4.77. The van der Waals surface area contributed by atoms with Crippen molar-refractivity contribution in [2.75, 3.05) is 6.61 Å². The molecule has 16 heavy (non-hydrogen) atoms. The first-order valence-electron chi connectivity index (χ1n) is 5.55. The lowest BCUT2D eigenvalue weighted by molar-refractivity contribution is -0.147. The van der Waals surface area contributed by atoms with Gasteiger partial charge in [0.15, 0.2) is 0 Å². The van der Waals surface area contributed by atoms with Crippen LogP contribution in [0.3, 0.4) is 0 Å². The summed E-state index contributed by atoms with van der Waals surface area (Å²) in [5.41, 5.74) is 2.06. The van der Waals surface area contributed by atoms with E-state index in [4.69, 9.17) is 4.74 Å². The summed E-state index contributed by atoms with van der Waals surface area (Å²) in [4.78, 5) is 11.4. The molecular weight excluding hydrogens is 200 g/mol. The largest absolute Gasteiger partial charge is 0.466 e. The van der Waals surface area contributed by atoms with Crippen LogP contribution in [0.1, 0.15) is 25.8 Å². The molecule has 0 heterocycles. The van der Waals surface area contributed by atoms with E-state index in [0.29, 0.717) is 13.0 Å². The molecule has 1 rings (SSSR count). The van der Waals surface area contributed by atoms with Crippen LogP contribution in [0.4, 0.5) is 0 Å². The third-order valence-electron chi connectivity index (χ3n) is 2.42. The van der Waals surface area contributed by atoms with Crippen LogP contribution in [0.15, 0.2) is 36.9 Å². The van der Waals surface area contributed by atoms with Gasteiger partial charge in [-0.1, -0.05) is 43.8 Å². The second-order valence-corrected chi connectivity index (χ2v) is 3.83. The Morgan fingerprint density at radius 2 is 2.00 bits per heavy atom. The van der Waals surface area contributed by atoms with Crippen LogP contribution in [0, 0.1) is 5.92 Å². The summed E-state index contributed by atoms with van der Waals surface area (Å²) in [6.07, 6.45) is 0.642. The predicted octanol–water partition coefficient (Wildman–Crippen LogP) is 3.29. The van der Waals surface area contributed by atoms with Crippen molar-refractivity contribution in [3.05, 3.63) is 42.5 Å². The Morgan fingerprint density at radius 1 is 1.38 bits per heavy atom. The van der Waals surface area contributed by atoms with E-state index < -0.39 is 0 Å². The second kappa shape index (κ2) is 6.11. The normalized spacial score (nSPS) is 11.9. The van der Waals surface area contributed by atoms with Crippen LogP contribution in [0.5, 0.6) is 0 Å². The number of hydrogen-bond acceptors (Lipinski definition) is 2. The number of benzene rings is 1. The van der Waals surface area contributed by atoms with E-state index in [0.717, 1.165) is 11.1 Å². The first kappa shape index (κ1) is 12.5. The molecule has 0 N–H and O–H groups in total. The Morgan fingerprint density at radius 3 is 2.56 bits per heavy atom. The summed E-state index contributed by atoms with van der Waals surface area (Å²) in [7, 11) is 0. The zero-order valence-electron chi connectivity index (χ0n) is 9.90. The van der Waals surface area contributed by atoms with Crippen molar-refractivity contribution in [1.82, 2.24) is 0 Å². The van der Waals surface area contributed by atoms with Gasteiger partial charge in [-0.05, 0) is 24.5 Å². The minimum absolute atomic E-state index is 0.132. The predicted molar refractivity (Wildman–Crippen MR) is 65.9 cm³/mol. The van der Waals surface area contributed by atoms with Crippen LogP contribution >= 0.6 is 0 Å². The minimum atomic E-state index is -0.153. The zero-order valence-corrected chi connectivity index (χ0v) is 9.90. The smallest absolute Gasteiger partial charge is 0.308 e. The number of carbonyl (C=O) groups excluding carboxylic acids is 1. The van der Waals surface area contributed by atoms with Crippen molar-refractivity contribution in [1.29, 1.82) is 0 Å². The maximum absolute atomic E-state index is 11.4. The molecule has 86 valence electrons. The standard InChI is InChI=1S/C14H18O2/c1-4-16-14(15)12(3)10-11(2)13-8-6-5-7-9-13/h5-9,12H,2,4,10H2,1,3H3. The maximum Gasteiger partial charge on any atom is 0.308 e. The lowest BCUT2D eigenvalue weighted by atomic mass is 9.97. The lowest BCUT2D eigenvalue weighted by Crippen LogP contribution is -2.14. The second-order valence-electron chi connectivity index (χ2n) is 3.83. The van der Waals surface area contributed by atoms with E-state index in [1.54, 1.807) is 0 Å². The van der Waals surface area contributed by atoms with Crippen LogP contribution in [-0.2, 0) is 9.53 Å². The van der Waals surface area contributed by atoms with Gasteiger partial charge in [-0.2, -0.15) is 0 Å². The molecular formula is C14H18O2. The molecule has 0 aliphatic heterocycles. The lowest BCUT2D eigenvalue weighted by Gasteiger charge is -2.12. The molecule has 1 aromatic carbocycles. The molecule has 0 aromatic heterocycles.